The van der Waals surface area contributed by atoms with Gasteiger partial charge in [-0.1, -0.05) is 27.2 Å². The number of nitrogen functional groups attached to an aromatic ring is 1. The minimum absolute atomic E-state index is 0.238. The van der Waals surface area contributed by atoms with Gasteiger partial charge in [-0.05, 0) is 31.0 Å². The maximum absolute atomic E-state index is 12.0. The lowest BCUT2D eigenvalue weighted by Crippen LogP contribution is -2.24. The molecule has 1 unspecified atom stereocenters. The summed E-state index contributed by atoms with van der Waals surface area (Å²) in [5.41, 5.74) is 7.18. The van der Waals surface area contributed by atoms with Crippen molar-refractivity contribution in [1.82, 2.24) is 4.72 Å². The average Bonchev–Trinajstić information content (AvgIpc) is 2.40. The fourth-order valence-electron chi connectivity index (χ4n) is 2.05. The summed E-state index contributed by atoms with van der Waals surface area (Å²) in [5.74, 6) is 0. The molecule has 0 aromatic heterocycles. The molecule has 1 atom stereocenters. The molecule has 20 heavy (non-hydrogen) atoms. The van der Waals surface area contributed by atoms with Crippen LogP contribution in [0.3, 0.4) is 0 Å². The summed E-state index contributed by atoms with van der Waals surface area (Å²) in [6, 6.07) is 5.07. The van der Waals surface area contributed by atoms with E-state index >= 15 is 0 Å². The molecule has 0 spiro atoms. The van der Waals surface area contributed by atoms with Gasteiger partial charge in [-0.2, -0.15) is 0 Å². The molecule has 0 bridgehead atoms. The van der Waals surface area contributed by atoms with Crippen molar-refractivity contribution < 1.29 is 8.42 Å². The van der Waals surface area contributed by atoms with E-state index in [-0.39, 0.29) is 4.90 Å². The number of hydrogen-bond donors (Lipinski definition) is 3. The number of nitrogens with two attached hydrogens (primary N) is 1. The van der Waals surface area contributed by atoms with E-state index in [1.807, 2.05) is 0 Å². The van der Waals surface area contributed by atoms with Crippen LogP contribution < -0.4 is 15.8 Å². The van der Waals surface area contributed by atoms with Crippen molar-refractivity contribution in [1.29, 1.82) is 0 Å². The minimum atomic E-state index is -3.45. The average molecular weight is 299 g/mol. The molecule has 4 N–H and O–H groups in total. The number of nitrogens with one attached hydrogen (secondary N) is 2. The summed E-state index contributed by atoms with van der Waals surface area (Å²) < 4.78 is 26.5. The van der Waals surface area contributed by atoms with E-state index < -0.39 is 10.0 Å². The van der Waals surface area contributed by atoms with E-state index in [1.165, 1.54) is 6.07 Å². The predicted octanol–water partition coefficient (Wildman–Crippen LogP) is 2.56. The Morgan fingerprint density at radius 1 is 1.25 bits per heavy atom. The van der Waals surface area contributed by atoms with Crippen molar-refractivity contribution in [3.63, 3.8) is 0 Å². The molecule has 1 aromatic rings. The highest BCUT2D eigenvalue weighted by Gasteiger charge is 2.15. The van der Waals surface area contributed by atoms with Gasteiger partial charge < -0.3 is 11.1 Å². The van der Waals surface area contributed by atoms with Crippen LogP contribution in [0.15, 0.2) is 23.1 Å². The summed E-state index contributed by atoms with van der Waals surface area (Å²) in [7, 11) is -3.45. The second-order valence-electron chi connectivity index (χ2n) is 4.79. The molecule has 0 aliphatic rings. The van der Waals surface area contributed by atoms with Crippen LogP contribution in [0.1, 0.15) is 40.0 Å². The molecular formula is C14H25N3O2S. The fraction of sp³-hybridized carbons (Fsp3) is 0.571. The summed E-state index contributed by atoms with van der Waals surface area (Å²) in [4.78, 5) is 0.238. The Bertz CT molecular complexity index is 529. The smallest absolute Gasteiger partial charge is 0.240 e. The van der Waals surface area contributed by atoms with Crippen LogP contribution in [0.2, 0.25) is 0 Å². The van der Waals surface area contributed by atoms with Crippen molar-refractivity contribution in [2.24, 2.45) is 0 Å². The van der Waals surface area contributed by atoms with Crippen LogP contribution in [0.5, 0.6) is 0 Å². The molecule has 114 valence electrons. The third kappa shape index (κ3) is 4.38. The first kappa shape index (κ1) is 16.8. The van der Waals surface area contributed by atoms with Gasteiger partial charge in [0.05, 0.1) is 16.3 Å². The fourth-order valence-corrected chi connectivity index (χ4v) is 3.11. The highest BCUT2D eigenvalue weighted by molar-refractivity contribution is 7.89. The normalized spacial score (nSPS) is 13.2. The Balaban J connectivity index is 3.03. The first-order valence-electron chi connectivity index (χ1n) is 7.10. The van der Waals surface area contributed by atoms with Gasteiger partial charge >= 0.3 is 0 Å². The highest BCUT2D eigenvalue weighted by Crippen LogP contribution is 2.24. The zero-order chi connectivity index (χ0) is 15.2. The summed E-state index contributed by atoms with van der Waals surface area (Å²) >= 11 is 0. The van der Waals surface area contributed by atoms with Crippen LogP contribution in [0, 0.1) is 0 Å². The first-order valence-corrected chi connectivity index (χ1v) is 8.58. The monoisotopic (exact) mass is 299 g/mol. The molecule has 0 radical (unpaired) electrons. The Labute approximate surface area is 122 Å². The number of hydrogen-bond acceptors (Lipinski definition) is 4. The van der Waals surface area contributed by atoms with Crippen LogP contribution in [0.4, 0.5) is 11.4 Å². The third-order valence-corrected chi connectivity index (χ3v) is 4.70. The van der Waals surface area contributed by atoms with Gasteiger partial charge in [0, 0.05) is 12.6 Å². The molecule has 0 saturated heterocycles. The number of anilines is 2. The molecule has 0 aliphatic carbocycles. The van der Waals surface area contributed by atoms with Crippen molar-refractivity contribution in [2.75, 3.05) is 17.6 Å². The SMILES string of the molecule is CCCC(CC)Nc1cc(S(=O)(=O)NCC)ccc1N. The maximum atomic E-state index is 12.0. The van der Waals surface area contributed by atoms with Crippen molar-refractivity contribution in [3.8, 4) is 0 Å². The highest BCUT2D eigenvalue weighted by atomic mass is 32.2. The lowest BCUT2D eigenvalue weighted by atomic mass is 10.1. The second-order valence-corrected chi connectivity index (χ2v) is 6.56. The summed E-state index contributed by atoms with van der Waals surface area (Å²) in [6.07, 6.45) is 3.07. The molecule has 1 aromatic carbocycles. The topological polar surface area (TPSA) is 84.2 Å². The first-order chi connectivity index (χ1) is 9.44. The van der Waals surface area contributed by atoms with Gasteiger partial charge in [0.25, 0.3) is 0 Å². The Morgan fingerprint density at radius 2 is 1.95 bits per heavy atom. The Hall–Kier alpha value is -1.27. The number of sulfonamides is 1. The Morgan fingerprint density at radius 3 is 2.50 bits per heavy atom. The largest absolute Gasteiger partial charge is 0.397 e. The van der Waals surface area contributed by atoms with Gasteiger partial charge in [0.2, 0.25) is 10.0 Å². The van der Waals surface area contributed by atoms with Crippen LogP contribution in [-0.4, -0.2) is 21.0 Å². The lowest BCUT2D eigenvalue weighted by molar-refractivity contribution is 0.584. The molecule has 0 saturated carbocycles. The van der Waals surface area contributed by atoms with E-state index in [1.54, 1.807) is 19.1 Å². The molecular weight excluding hydrogens is 274 g/mol. The van der Waals surface area contributed by atoms with E-state index in [9.17, 15) is 8.42 Å². The number of rotatable bonds is 8. The zero-order valence-electron chi connectivity index (χ0n) is 12.4. The van der Waals surface area contributed by atoms with Gasteiger partial charge in [0.1, 0.15) is 0 Å². The summed E-state index contributed by atoms with van der Waals surface area (Å²) in [5, 5.41) is 3.34. The standard InChI is InChI=1S/C14H25N3O2S/c1-4-7-11(5-2)17-14-10-12(8-9-13(14)15)20(18,19)16-6-3/h8-11,16-17H,4-7,15H2,1-3H3. The van der Waals surface area contributed by atoms with E-state index in [4.69, 9.17) is 5.73 Å². The third-order valence-electron chi connectivity index (χ3n) is 3.16. The number of benzene rings is 1. The van der Waals surface area contributed by atoms with Crippen molar-refractivity contribution in [3.05, 3.63) is 18.2 Å². The molecule has 6 heteroatoms. The van der Waals surface area contributed by atoms with Gasteiger partial charge in [-0.3, -0.25) is 0 Å². The van der Waals surface area contributed by atoms with Crippen LogP contribution in [-0.2, 0) is 10.0 Å². The summed E-state index contributed by atoms with van der Waals surface area (Å²) in [6.45, 7) is 6.34. The molecule has 0 heterocycles. The predicted molar refractivity (Wildman–Crippen MR) is 84.3 cm³/mol. The minimum Gasteiger partial charge on any atom is -0.397 e. The van der Waals surface area contributed by atoms with E-state index in [0.717, 1.165) is 19.3 Å². The van der Waals surface area contributed by atoms with Gasteiger partial charge in [-0.25, -0.2) is 13.1 Å². The molecule has 0 amide bonds. The van der Waals surface area contributed by atoms with Crippen molar-refractivity contribution >= 4 is 21.4 Å². The Kier molecular flexibility index (Phi) is 6.29. The second kappa shape index (κ2) is 7.50. The van der Waals surface area contributed by atoms with Crippen molar-refractivity contribution in [2.45, 2.75) is 51.0 Å². The zero-order valence-corrected chi connectivity index (χ0v) is 13.3. The molecule has 5 nitrogen and oxygen atoms in total. The van der Waals surface area contributed by atoms with Crippen LogP contribution >= 0.6 is 0 Å². The van der Waals surface area contributed by atoms with Gasteiger partial charge in [-0.15, -0.1) is 0 Å². The quantitative estimate of drug-likeness (QED) is 0.644. The molecule has 1 rings (SSSR count). The van der Waals surface area contributed by atoms with E-state index in [2.05, 4.69) is 23.9 Å². The maximum Gasteiger partial charge on any atom is 0.240 e. The van der Waals surface area contributed by atoms with Crippen LogP contribution in [0.25, 0.3) is 0 Å². The molecule has 0 fully saturated rings. The molecule has 0 aliphatic heterocycles. The lowest BCUT2D eigenvalue weighted by Gasteiger charge is -2.19. The van der Waals surface area contributed by atoms with E-state index in [0.29, 0.717) is 24.0 Å². The van der Waals surface area contributed by atoms with Gasteiger partial charge in [0.15, 0.2) is 0 Å².